The summed E-state index contributed by atoms with van der Waals surface area (Å²) < 4.78 is 15.2. The zero-order chi connectivity index (χ0) is 9.23. The van der Waals surface area contributed by atoms with Crippen LogP contribution in [0.1, 0.15) is 6.92 Å². The maximum Gasteiger partial charge on any atom is 0.0781 e. The van der Waals surface area contributed by atoms with E-state index in [4.69, 9.17) is 19.3 Å². The first-order valence-corrected chi connectivity index (χ1v) is 4.10. The van der Waals surface area contributed by atoms with Crippen LogP contribution in [-0.4, -0.2) is 51.4 Å². The lowest BCUT2D eigenvalue weighted by Crippen LogP contribution is -2.19. The van der Waals surface area contributed by atoms with Crippen LogP contribution in [0.15, 0.2) is 0 Å². The third-order valence-electron chi connectivity index (χ3n) is 1.28. The topological polar surface area (TPSA) is 47.9 Å². The van der Waals surface area contributed by atoms with E-state index in [9.17, 15) is 0 Å². The molecular weight excluding hydrogens is 160 g/mol. The van der Waals surface area contributed by atoms with Crippen molar-refractivity contribution in [3.05, 3.63) is 0 Å². The van der Waals surface area contributed by atoms with Gasteiger partial charge in [0.25, 0.3) is 0 Å². The summed E-state index contributed by atoms with van der Waals surface area (Å²) >= 11 is 0. The van der Waals surface area contributed by atoms with E-state index in [1.165, 1.54) is 0 Å². The van der Waals surface area contributed by atoms with Gasteiger partial charge < -0.3 is 19.3 Å². The number of aliphatic hydroxyl groups is 1. The molecule has 0 aromatic carbocycles. The summed E-state index contributed by atoms with van der Waals surface area (Å²) in [6.45, 7) is 4.07. The molecule has 1 atom stereocenters. The number of hydrogen-bond donors (Lipinski definition) is 1. The fourth-order valence-corrected chi connectivity index (χ4v) is 0.694. The van der Waals surface area contributed by atoms with Gasteiger partial charge in [0.05, 0.1) is 39.1 Å². The fraction of sp³-hybridized carbons (Fsp3) is 1.00. The molecule has 12 heavy (non-hydrogen) atoms. The van der Waals surface area contributed by atoms with E-state index in [1.807, 2.05) is 6.92 Å². The van der Waals surface area contributed by atoms with Crippen LogP contribution in [0.3, 0.4) is 0 Å². The largest absolute Gasteiger partial charge is 0.394 e. The smallest absolute Gasteiger partial charge is 0.0781 e. The summed E-state index contributed by atoms with van der Waals surface area (Å²) in [5, 5.41) is 8.44. The average Bonchev–Trinajstić information content (AvgIpc) is 2.09. The summed E-state index contributed by atoms with van der Waals surface area (Å²) in [6, 6.07) is 0. The highest BCUT2D eigenvalue weighted by Crippen LogP contribution is 1.91. The summed E-state index contributed by atoms with van der Waals surface area (Å²) in [7, 11) is 1.63. The van der Waals surface area contributed by atoms with Crippen molar-refractivity contribution in [3.63, 3.8) is 0 Å². The third kappa shape index (κ3) is 7.94. The van der Waals surface area contributed by atoms with Crippen LogP contribution in [0.2, 0.25) is 0 Å². The van der Waals surface area contributed by atoms with Gasteiger partial charge in [0.15, 0.2) is 0 Å². The molecule has 0 fully saturated rings. The van der Waals surface area contributed by atoms with Gasteiger partial charge in [-0.1, -0.05) is 0 Å². The second kappa shape index (κ2) is 8.93. The Balaban J connectivity index is 3.02. The molecule has 1 unspecified atom stereocenters. The lowest BCUT2D eigenvalue weighted by atomic mass is 10.4. The highest BCUT2D eigenvalue weighted by atomic mass is 16.5. The molecule has 0 saturated heterocycles. The Labute approximate surface area is 73.4 Å². The maximum absolute atomic E-state index is 8.44. The number of rotatable bonds is 8. The van der Waals surface area contributed by atoms with Crippen molar-refractivity contribution in [2.75, 3.05) is 40.1 Å². The number of hydrogen-bond acceptors (Lipinski definition) is 4. The molecule has 1 N–H and O–H groups in total. The van der Waals surface area contributed by atoms with Crippen molar-refractivity contribution in [2.45, 2.75) is 13.0 Å². The Morgan fingerprint density at radius 2 is 2.00 bits per heavy atom. The van der Waals surface area contributed by atoms with Crippen molar-refractivity contribution in [3.8, 4) is 0 Å². The van der Waals surface area contributed by atoms with Crippen LogP contribution in [0.5, 0.6) is 0 Å². The highest BCUT2D eigenvalue weighted by molar-refractivity contribution is 4.46. The summed E-state index contributed by atoms with van der Waals surface area (Å²) in [6.07, 6.45) is 0.0361. The zero-order valence-electron chi connectivity index (χ0n) is 7.78. The Morgan fingerprint density at radius 1 is 1.25 bits per heavy atom. The second-order valence-electron chi connectivity index (χ2n) is 2.47. The van der Waals surface area contributed by atoms with Gasteiger partial charge in [0.2, 0.25) is 0 Å². The Kier molecular flexibility index (Phi) is 8.81. The number of methoxy groups -OCH3 is 1. The first kappa shape index (κ1) is 11.8. The maximum atomic E-state index is 8.44. The van der Waals surface area contributed by atoms with E-state index >= 15 is 0 Å². The molecule has 0 aliphatic rings. The van der Waals surface area contributed by atoms with Gasteiger partial charge in [0, 0.05) is 7.11 Å². The van der Waals surface area contributed by atoms with E-state index in [0.717, 1.165) is 0 Å². The number of ether oxygens (including phenoxy) is 3. The molecule has 0 aromatic heterocycles. The van der Waals surface area contributed by atoms with Gasteiger partial charge in [-0.25, -0.2) is 0 Å². The molecule has 0 spiro atoms. The highest BCUT2D eigenvalue weighted by Gasteiger charge is 2.00. The third-order valence-corrected chi connectivity index (χ3v) is 1.28. The van der Waals surface area contributed by atoms with Crippen LogP contribution < -0.4 is 0 Å². The van der Waals surface area contributed by atoms with Gasteiger partial charge in [-0.05, 0) is 6.92 Å². The average molecular weight is 178 g/mol. The normalized spacial score (nSPS) is 13.2. The molecule has 74 valence electrons. The molecular formula is C8H18O4. The second-order valence-corrected chi connectivity index (χ2v) is 2.47. The van der Waals surface area contributed by atoms with E-state index in [0.29, 0.717) is 26.4 Å². The fourth-order valence-electron chi connectivity index (χ4n) is 0.694. The Bertz CT molecular complexity index is 87.1. The molecule has 0 bridgehead atoms. The SMILES string of the molecule is COCCOCC(C)OCCO. The van der Waals surface area contributed by atoms with Crippen molar-refractivity contribution in [1.82, 2.24) is 0 Å². The van der Waals surface area contributed by atoms with Gasteiger partial charge in [-0.15, -0.1) is 0 Å². The predicted molar refractivity (Wildman–Crippen MR) is 45.2 cm³/mol. The van der Waals surface area contributed by atoms with Crippen LogP contribution in [0.25, 0.3) is 0 Å². The molecule has 0 aromatic rings. The lowest BCUT2D eigenvalue weighted by Gasteiger charge is -2.11. The molecule has 0 aliphatic carbocycles. The van der Waals surface area contributed by atoms with Gasteiger partial charge >= 0.3 is 0 Å². The van der Waals surface area contributed by atoms with Gasteiger partial charge in [0.1, 0.15) is 0 Å². The Morgan fingerprint density at radius 3 is 2.58 bits per heavy atom. The number of aliphatic hydroxyl groups excluding tert-OH is 1. The summed E-state index contributed by atoms with van der Waals surface area (Å²) in [5.41, 5.74) is 0. The van der Waals surface area contributed by atoms with Gasteiger partial charge in [-0.3, -0.25) is 0 Å². The molecule has 0 aliphatic heterocycles. The Hall–Kier alpha value is -0.160. The lowest BCUT2D eigenvalue weighted by molar-refractivity contribution is -0.0277. The van der Waals surface area contributed by atoms with Crippen molar-refractivity contribution in [2.24, 2.45) is 0 Å². The van der Waals surface area contributed by atoms with Crippen LogP contribution in [-0.2, 0) is 14.2 Å². The minimum atomic E-state index is 0.0361. The van der Waals surface area contributed by atoms with Crippen LogP contribution in [0, 0.1) is 0 Å². The van der Waals surface area contributed by atoms with Crippen molar-refractivity contribution in [1.29, 1.82) is 0 Å². The molecule has 0 radical (unpaired) electrons. The molecule has 0 rings (SSSR count). The van der Waals surface area contributed by atoms with E-state index in [2.05, 4.69) is 0 Å². The quantitative estimate of drug-likeness (QED) is 0.533. The molecule has 0 amide bonds. The van der Waals surface area contributed by atoms with Gasteiger partial charge in [-0.2, -0.15) is 0 Å². The standard InChI is InChI=1S/C8H18O4/c1-8(12-4-3-9)7-11-6-5-10-2/h8-9H,3-7H2,1-2H3. The monoisotopic (exact) mass is 178 g/mol. The minimum absolute atomic E-state index is 0.0361. The minimum Gasteiger partial charge on any atom is -0.394 e. The van der Waals surface area contributed by atoms with Crippen molar-refractivity contribution < 1.29 is 19.3 Å². The molecule has 4 nitrogen and oxygen atoms in total. The molecule has 0 saturated carbocycles. The molecule has 0 heterocycles. The van der Waals surface area contributed by atoms with E-state index < -0.39 is 0 Å². The first-order chi connectivity index (χ1) is 5.81. The van der Waals surface area contributed by atoms with Crippen LogP contribution in [0.4, 0.5) is 0 Å². The van der Waals surface area contributed by atoms with E-state index in [-0.39, 0.29) is 12.7 Å². The molecule has 4 heteroatoms. The van der Waals surface area contributed by atoms with Crippen LogP contribution >= 0.6 is 0 Å². The van der Waals surface area contributed by atoms with E-state index in [1.54, 1.807) is 7.11 Å². The summed E-state index contributed by atoms with van der Waals surface area (Å²) in [5.74, 6) is 0. The summed E-state index contributed by atoms with van der Waals surface area (Å²) in [4.78, 5) is 0. The first-order valence-electron chi connectivity index (χ1n) is 4.10. The zero-order valence-corrected chi connectivity index (χ0v) is 7.78. The van der Waals surface area contributed by atoms with Crippen molar-refractivity contribution >= 4 is 0 Å². The predicted octanol–water partition coefficient (Wildman–Crippen LogP) is 0.0468.